The van der Waals surface area contributed by atoms with Crippen molar-refractivity contribution in [1.29, 1.82) is 0 Å². The van der Waals surface area contributed by atoms with E-state index in [1.54, 1.807) is 24.7 Å². The van der Waals surface area contributed by atoms with Crippen LogP contribution in [-0.4, -0.2) is 26.9 Å². The van der Waals surface area contributed by atoms with Crippen molar-refractivity contribution in [3.8, 4) is 11.1 Å². The van der Waals surface area contributed by atoms with Crippen LogP contribution in [0.2, 0.25) is 0 Å². The van der Waals surface area contributed by atoms with Gasteiger partial charge < -0.3 is 5.32 Å². The van der Waals surface area contributed by atoms with Crippen LogP contribution < -0.4 is 5.32 Å². The van der Waals surface area contributed by atoms with E-state index in [0.29, 0.717) is 22.5 Å². The molecule has 3 aromatic carbocycles. The summed E-state index contributed by atoms with van der Waals surface area (Å²) in [4.78, 5) is 29.8. The zero-order chi connectivity index (χ0) is 25.4. The molecule has 36 heavy (non-hydrogen) atoms. The molecular formula is C26H14F4N4O2. The van der Waals surface area contributed by atoms with Gasteiger partial charge in [0.05, 0.1) is 23.0 Å². The van der Waals surface area contributed by atoms with Crippen LogP contribution in [0.15, 0.2) is 73.2 Å². The van der Waals surface area contributed by atoms with Gasteiger partial charge in [0.2, 0.25) is 0 Å². The number of anilines is 1. The normalized spacial score (nSPS) is 11.0. The fourth-order valence-corrected chi connectivity index (χ4v) is 3.70. The maximum Gasteiger partial charge on any atom is 0.255 e. The number of benzene rings is 3. The van der Waals surface area contributed by atoms with Gasteiger partial charge in [-0.15, -0.1) is 0 Å². The Morgan fingerprint density at radius 2 is 1.67 bits per heavy atom. The van der Waals surface area contributed by atoms with Crippen molar-refractivity contribution in [2.24, 2.45) is 0 Å². The third-order valence-corrected chi connectivity index (χ3v) is 5.49. The van der Waals surface area contributed by atoms with Gasteiger partial charge in [-0.25, -0.2) is 17.6 Å². The van der Waals surface area contributed by atoms with Gasteiger partial charge in [-0.1, -0.05) is 6.07 Å². The molecule has 0 unspecified atom stereocenters. The molecule has 0 aliphatic rings. The van der Waals surface area contributed by atoms with Crippen LogP contribution in [0.25, 0.3) is 22.0 Å². The number of rotatable bonds is 5. The van der Waals surface area contributed by atoms with E-state index in [1.807, 2.05) is 0 Å². The number of halogens is 4. The lowest BCUT2D eigenvalue weighted by Gasteiger charge is -2.12. The average molecular weight is 490 g/mol. The molecule has 0 spiro atoms. The van der Waals surface area contributed by atoms with Crippen molar-refractivity contribution in [3.05, 3.63) is 113 Å². The number of carbonyl (C=O) groups is 2. The molecule has 0 atom stereocenters. The number of nitrogens with one attached hydrogen (secondary N) is 2. The summed E-state index contributed by atoms with van der Waals surface area (Å²) in [5, 5.41) is 9.11. The molecule has 5 aromatic rings. The number of hydrogen-bond acceptors (Lipinski definition) is 4. The Hall–Kier alpha value is -4.86. The highest BCUT2D eigenvalue weighted by Crippen LogP contribution is 2.29. The summed E-state index contributed by atoms with van der Waals surface area (Å²) in [6, 6.07) is 10.8. The summed E-state index contributed by atoms with van der Waals surface area (Å²) in [5.41, 5.74) is -0.309. The largest absolute Gasteiger partial charge is 0.319 e. The highest BCUT2D eigenvalue weighted by atomic mass is 19.2. The van der Waals surface area contributed by atoms with Gasteiger partial charge in [0.15, 0.2) is 23.2 Å². The lowest BCUT2D eigenvalue weighted by molar-refractivity contribution is 0.101. The van der Waals surface area contributed by atoms with E-state index in [-0.39, 0.29) is 11.1 Å². The Morgan fingerprint density at radius 1 is 0.833 bits per heavy atom. The summed E-state index contributed by atoms with van der Waals surface area (Å²) < 4.78 is 57.6. The average Bonchev–Trinajstić information content (AvgIpc) is 3.42. The Labute approximate surface area is 200 Å². The van der Waals surface area contributed by atoms with Crippen molar-refractivity contribution in [3.63, 3.8) is 0 Å². The van der Waals surface area contributed by atoms with Crippen LogP contribution in [-0.2, 0) is 0 Å². The molecule has 10 heteroatoms. The van der Waals surface area contributed by atoms with Crippen LogP contribution >= 0.6 is 0 Å². The number of ketones is 1. The van der Waals surface area contributed by atoms with E-state index >= 15 is 4.39 Å². The Balaban J connectivity index is 1.53. The second kappa shape index (κ2) is 9.06. The van der Waals surface area contributed by atoms with Crippen molar-refractivity contribution in [2.75, 3.05) is 5.32 Å². The third kappa shape index (κ3) is 4.20. The van der Waals surface area contributed by atoms with Crippen LogP contribution in [0.5, 0.6) is 0 Å². The monoisotopic (exact) mass is 490 g/mol. The number of pyridine rings is 1. The van der Waals surface area contributed by atoms with Gasteiger partial charge in [-0.05, 0) is 42.5 Å². The van der Waals surface area contributed by atoms with Crippen LogP contribution in [0.1, 0.15) is 26.3 Å². The smallest absolute Gasteiger partial charge is 0.255 e. The van der Waals surface area contributed by atoms with Crippen molar-refractivity contribution in [2.45, 2.75) is 0 Å². The second-order valence-corrected chi connectivity index (χ2v) is 7.82. The quantitative estimate of drug-likeness (QED) is 0.189. The van der Waals surface area contributed by atoms with Crippen LogP contribution in [0.3, 0.4) is 0 Å². The number of aromatic amines is 1. The molecule has 2 heterocycles. The number of H-pyrrole nitrogens is 1. The van der Waals surface area contributed by atoms with Crippen molar-refractivity contribution >= 4 is 28.3 Å². The molecule has 5 rings (SSSR count). The maximum atomic E-state index is 15.2. The molecule has 2 N–H and O–H groups in total. The lowest BCUT2D eigenvalue weighted by atomic mass is 9.98. The number of hydrogen-bond donors (Lipinski definition) is 2. The molecule has 2 aromatic heterocycles. The molecule has 0 aliphatic heterocycles. The number of aromatic nitrogens is 3. The van der Waals surface area contributed by atoms with E-state index in [0.717, 1.165) is 17.7 Å². The Bertz CT molecular complexity index is 1650. The first-order chi connectivity index (χ1) is 17.3. The summed E-state index contributed by atoms with van der Waals surface area (Å²) in [5.74, 6) is -7.53. The molecule has 6 nitrogen and oxygen atoms in total. The predicted molar refractivity (Wildman–Crippen MR) is 123 cm³/mol. The summed E-state index contributed by atoms with van der Waals surface area (Å²) in [6.45, 7) is 0. The number of nitrogens with zero attached hydrogens (tertiary/aromatic N) is 2. The number of carbonyl (C=O) groups excluding carboxylic acids is 2. The van der Waals surface area contributed by atoms with Gasteiger partial charge in [0.25, 0.3) is 5.91 Å². The number of amides is 1. The van der Waals surface area contributed by atoms with Gasteiger partial charge in [-0.3, -0.25) is 19.7 Å². The summed E-state index contributed by atoms with van der Waals surface area (Å²) in [6.07, 6.45) is 4.83. The molecular weight excluding hydrogens is 476 g/mol. The minimum atomic E-state index is -1.70. The molecule has 0 fully saturated rings. The van der Waals surface area contributed by atoms with Gasteiger partial charge in [-0.2, -0.15) is 5.10 Å². The molecule has 0 bridgehead atoms. The minimum Gasteiger partial charge on any atom is -0.319 e. The van der Waals surface area contributed by atoms with Gasteiger partial charge in [0.1, 0.15) is 5.82 Å². The molecule has 0 saturated carbocycles. The Kier molecular flexibility index (Phi) is 5.77. The van der Waals surface area contributed by atoms with E-state index in [4.69, 9.17) is 0 Å². The molecule has 0 saturated heterocycles. The first-order valence-electron chi connectivity index (χ1n) is 10.5. The topological polar surface area (TPSA) is 87.7 Å². The fraction of sp³-hybridized carbons (Fsp3) is 0. The maximum absolute atomic E-state index is 15.2. The summed E-state index contributed by atoms with van der Waals surface area (Å²) >= 11 is 0. The molecule has 178 valence electrons. The first kappa shape index (κ1) is 22.9. The third-order valence-electron chi connectivity index (χ3n) is 5.49. The highest BCUT2D eigenvalue weighted by Gasteiger charge is 2.26. The first-order valence-corrected chi connectivity index (χ1v) is 10.5. The molecule has 1 amide bonds. The summed E-state index contributed by atoms with van der Waals surface area (Å²) in [7, 11) is 0. The SMILES string of the molecule is O=C(Nc1cc(F)c(F)c(C(=O)c2ccc3ncc(-c4cn[nH]c4)cc3c2)c1F)c1cccc(F)c1. The highest BCUT2D eigenvalue weighted by molar-refractivity contribution is 6.12. The van der Waals surface area contributed by atoms with Gasteiger partial charge in [0, 0.05) is 46.1 Å². The van der Waals surface area contributed by atoms with E-state index in [1.165, 1.54) is 30.3 Å². The van der Waals surface area contributed by atoms with Crippen molar-refractivity contribution < 1.29 is 27.2 Å². The van der Waals surface area contributed by atoms with E-state index < -0.39 is 46.2 Å². The zero-order valence-corrected chi connectivity index (χ0v) is 18.2. The standard InChI is InChI=1S/C26H14F4N4O2/c27-18-3-1-2-14(8-18)26(36)34-21-9-19(28)23(29)22(24(21)30)25(35)13-4-5-20-15(6-13)7-16(10-31-20)17-11-32-33-12-17/h1-12H,(H,32,33)(H,34,36). The van der Waals surface area contributed by atoms with E-state index in [9.17, 15) is 22.8 Å². The second-order valence-electron chi connectivity index (χ2n) is 7.82. The fourth-order valence-electron chi connectivity index (χ4n) is 3.70. The minimum absolute atomic E-state index is 0.126. The van der Waals surface area contributed by atoms with Crippen LogP contribution in [0, 0.1) is 23.3 Å². The van der Waals surface area contributed by atoms with Gasteiger partial charge >= 0.3 is 0 Å². The Morgan fingerprint density at radius 3 is 2.42 bits per heavy atom. The zero-order valence-electron chi connectivity index (χ0n) is 18.2. The van der Waals surface area contributed by atoms with Crippen molar-refractivity contribution in [1.82, 2.24) is 15.2 Å². The molecule has 0 aliphatic carbocycles. The molecule has 0 radical (unpaired) electrons. The lowest BCUT2D eigenvalue weighted by Crippen LogP contribution is -2.17. The van der Waals surface area contributed by atoms with E-state index in [2.05, 4.69) is 20.5 Å². The predicted octanol–water partition coefficient (Wildman–Crippen LogP) is 5.66. The number of fused-ring (bicyclic) bond motifs is 1. The van der Waals surface area contributed by atoms with Crippen LogP contribution in [0.4, 0.5) is 23.2 Å².